The van der Waals surface area contributed by atoms with Crippen LogP contribution in [-0.4, -0.2) is 54.6 Å². The van der Waals surface area contributed by atoms with Crippen molar-refractivity contribution in [3.05, 3.63) is 42.6 Å². The van der Waals surface area contributed by atoms with Crippen molar-refractivity contribution in [2.45, 2.75) is 32.1 Å². The van der Waals surface area contributed by atoms with Crippen LogP contribution in [0.2, 0.25) is 0 Å². The summed E-state index contributed by atoms with van der Waals surface area (Å²) in [4.78, 5) is 13.2. The summed E-state index contributed by atoms with van der Waals surface area (Å²) in [5, 5.41) is 4.88. The van der Waals surface area contributed by atoms with E-state index >= 15 is 0 Å². The molecule has 0 unspecified atom stereocenters. The van der Waals surface area contributed by atoms with E-state index in [1.165, 1.54) is 67.3 Å². The summed E-state index contributed by atoms with van der Waals surface area (Å²) in [6.45, 7) is 5.75. The minimum atomic E-state index is 0.787. The Kier molecular flexibility index (Phi) is 5.63. The van der Waals surface area contributed by atoms with Gasteiger partial charge in [0.15, 0.2) is 0 Å². The van der Waals surface area contributed by atoms with Gasteiger partial charge in [-0.05, 0) is 88.0 Å². The second kappa shape index (κ2) is 8.68. The van der Waals surface area contributed by atoms with Gasteiger partial charge in [-0.15, -0.1) is 0 Å². The van der Waals surface area contributed by atoms with Gasteiger partial charge in [-0.25, -0.2) is 4.98 Å². The molecule has 4 heterocycles. The number of rotatable bonds is 5. The van der Waals surface area contributed by atoms with Crippen molar-refractivity contribution in [3.8, 4) is 11.3 Å². The zero-order chi connectivity index (χ0) is 20.3. The highest BCUT2D eigenvalue weighted by molar-refractivity contribution is 5.94. The lowest BCUT2D eigenvalue weighted by atomic mass is 9.97. The fraction of sp³-hybridized carbons (Fsp3) is 0.480. The second-order valence-electron chi connectivity index (χ2n) is 9.03. The summed E-state index contributed by atoms with van der Waals surface area (Å²) >= 11 is 0. The maximum Gasteiger partial charge on any atom is 0.137 e. The third-order valence-corrected chi connectivity index (χ3v) is 6.81. The van der Waals surface area contributed by atoms with Crippen LogP contribution in [0.5, 0.6) is 0 Å². The van der Waals surface area contributed by atoms with Crippen LogP contribution >= 0.6 is 0 Å². The number of pyridine rings is 1. The molecule has 3 aromatic rings. The number of anilines is 2. The summed E-state index contributed by atoms with van der Waals surface area (Å²) in [5.41, 5.74) is 4.77. The van der Waals surface area contributed by atoms with Crippen LogP contribution in [0.25, 0.3) is 22.2 Å². The van der Waals surface area contributed by atoms with Crippen molar-refractivity contribution in [3.63, 3.8) is 0 Å². The highest BCUT2D eigenvalue weighted by atomic mass is 15.2. The van der Waals surface area contributed by atoms with E-state index in [2.05, 4.69) is 63.5 Å². The molecule has 2 N–H and O–H groups in total. The monoisotopic (exact) mass is 403 g/mol. The quantitative estimate of drug-likeness (QED) is 0.631. The van der Waals surface area contributed by atoms with Crippen molar-refractivity contribution in [1.29, 1.82) is 0 Å². The first-order chi connectivity index (χ1) is 14.8. The van der Waals surface area contributed by atoms with Crippen LogP contribution in [0.1, 0.15) is 32.1 Å². The Bertz CT molecular complexity index is 963. The van der Waals surface area contributed by atoms with Crippen molar-refractivity contribution < 1.29 is 0 Å². The van der Waals surface area contributed by atoms with Crippen molar-refractivity contribution in [1.82, 2.24) is 14.9 Å². The maximum absolute atomic E-state index is 4.72. The molecule has 5 heteroatoms. The van der Waals surface area contributed by atoms with Crippen LogP contribution in [0, 0.1) is 5.92 Å². The Hall–Kier alpha value is -2.53. The molecule has 0 saturated carbocycles. The molecular formula is C25H33N5. The normalized spacial score (nSPS) is 18.8. The molecule has 2 aliphatic heterocycles. The van der Waals surface area contributed by atoms with Gasteiger partial charge in [0.25, 0.3) is 0 Å². The highest BCUT2D eigenvalue weighted by Gasteiger charge is 2.17. The molecule has 5 rings (SSSR count). The van der Waals surface area contributed by atoms with E-state index in [4.69, 9.17) is 4.98 Å². The molecule has 2 aromatic heterocycles. The molecular weight excluding hydrogens is 370 g/mol. The van der Waals surface area contributed by atoms with Gasteiger partial charge in [0, 0.05) is 42.6 Å². The fourth-order valence-corrected chi connectivity index (χ4v) is 4.85. The number of nitrogens with one attached hydrogen (secondary N) is 2. The Morgan fingerprint density at radius 3 is 2.53 bits per heavy atom. The Labute approximate surface area is 179 Å². The van der Waals surface area contributed by atoms with Gasteiger partial charge < -0.3 is 20.1 Å². The first kappa shape index (κ1) is 19.4. The number of aromatic nitrogens is 2. The van der Waals surface area contributed by atoms with Gasteiger partial charge >= 0.3 is 0 Å². The fourth-order valence-electron chi connectivity index (χ4n) is 4.85. The van der Waals surface area contributed by atoms with Crippen LogP contribution in [0.4, 0.5) is 11.5 Å². The third kappa shape index (κ3) is 4.17. The molecule has 0 amide bonds. The van der Waals surface area contributed by atoms with Crippen molar-refractivity contribution in [2.24, 2.45) is 5.92 Å². The lowest BCUT2D eigenvalue weighted by Crippen LogP contribution is -2.32. The van der Waals surface area contributed by atoms with E-state index in [1.54, 1.807) is 0 Å². The zero-order valence-corrected chi connectivity index (χ0v) is 18.0. The van der Waals surface area contributed by atoms with Crippen LogP contribution in [0.15, 0.2) is 42.6 Å². The predicted molar refractivity (Wildman–Crippen MR) is 126 cm³/mol. The van der Waals surface area contributed by atoms with Crippen LogP contribution in [0.3, 0.4) is 0 Å². The summed E-state index contributed by atoms with van der Waals surface area (Å²) in [6.07, 6.45) is 8.39. The molecule has 0 aliphatic carbocycles. The minimum absolute atomic E-state index is 0.787. The van der Waals surface area contributed by atoms with E-state index in [9.17, 15) is 0 Å². The molecule has 5 nitrogen and oxygen atoms in total. The SMILES string of the molecule is CN1CCC(CNc2ccc(-c3cc4c(N5CCCCC5)nccc4[nH]3)cc2)CC1. The van der Waals surface area contributed by atoms with Crippen LogP contribution < -0.4 is 10.2 Å². The molecule has 0 radical (unpaired) electrons. The largest absolute Gasteiger partial charge is 0.385 e. The second-order valence-corrected chi connectivity index (χ2v) is 9.03. The van der Waals surface area contributed by atoms with E-state index in [-0.39, 0.29) is 0 Å². The predicted octanol–water partition coefficient (Wildman–Crippen LogP) is 4.97. The summed E-state index contributed by atoms with van der Waals surface area (Å²) in [7, 11) is 2.22. The first-order valence-corrected chi connectivity index (χ1v) is 11.5. The van der Waals surface area contributed by atoms with E-state index < -0.39 is 0 Å². The number of fused-ring (bicyclic) bond motifs is 1. The highest BCUT2D eigenvalue weighted by Crippen LogP contribution is 2.31. The molecule has 158 valence electrons. The van der Waals surface area contributed by atoms with Gasteiger partial charge in [-0.1, -0.05) is 12.1 Å². The Balaban J connectivity index is 1.29. The number of hydrogen-bond acceptors (Lipinski definition) is 4. The molecule has 2 aliphatic rings. The average molecular weight is 404 g/mol. The van der Waals surface area contributed by atoms with Crippen molar-refractivity contribution in [2.75, 3.05) is 50.0 Å². The number of aromatic amines is 1. The number of H-pyrrole nitrogens is 1. The number of piperidine rings is 2. The smallest absolute Gasteiger partial charge is 0.137 e. The zero-order valence-electron chi connectivity index (χ0n) is 18.0. The molecule has 2 saturated heterocycles. The third-order valence-electron chi connectivity index (χ3n) is 6.81. The molecule has 0 atom stereocenters. The standard InChI is InChI=1S/C25H33N5/c1-29-15-10-19(11-16-29)18-27-21-7-5-20(6-8-21)24-17-22-23(28-24)9-12-26-25(22)30-13-3-2-4-14-30/h5-9,12,17,19,27-28H,2-4,10-11,13-16,18H2,1H3. The number of benzene rings is 1. The van der Waals surface area contributed by atoms with Gasteiger partial charge in [0.05, 0.1) is 5.52 Å². The molecule has 2 fully saturated rings. The lowest BCUT2D eigenvalue weighted by Gasteiger charge is -2.29. The summed E-state index contributed by atoms with van der Waals surface area (Å²) < 4.78 is 0. The lowest BCUT2D eigenvalue weighted by molar-refractivity contribution is 0.226. The minimum Gasteiger partial charge on any atom is -0.385 e. The number of likely N-dealkylation sites (tertiary alicyclic amines) is 1. The Morgan fingerprint density at radius 1 is 1.00 bits per heavy atom. The van der Waals surface area contributed by atoms with E-state index in [0.29, 0.717) is 0 Å². The number of nitrogens with zero attached hydrogens (tertiary/aromatic N) is 3. The Morgan fingerprint density at radius 2 is 1.77 bits per heavy atom. The maximum atomic E-state index is 4.72. The van der Waals surface area contributed by atoms with Gasteiger partial charge in [0.1, 0.15) is 5.82 Å². The van der Waals surface area contributed by atoms with E-state index in [1.807, 2.05) is 6.20 Å². The molecule has 1 aromatic carbocycles. The van der Waals surface area contributed by atoms with E-state index in [0.717, 1.165) is 37.1 Å². The van der Waals surface area contributed by atoms with Gasteiger partial charge in [-0.3, -0.25) is 0 Å². The topological polar surface area (TPSA) is 47.2 Å². The molecule has 30 heavy (non-hydrogen) atoms. The number of hydrogen-bond donors (Lipinski definition) is 2. The first-order valence-electron chi connectivity index (χ1n) is 11.5. The summed E-state index contributed by atoms with van der Waals surface area (Å²) in [6, 6.07) is 13.2. The van der Waals surface area contributed by atoms with Gasteiger partial charge in [-0.2, -0.15) is 0 Å². The summed E-state index contributed by atoms with van der Waals surface area (Å²) in [5.74, 6) is 1.92. The average Bonchev–Trinajstić information content (AvgIpc) is 3.24. The molecule has 0 spiro atoms. The van der Waals surface area contributed by atoms with Crippen LogP contribution in [-0.2, 0) is 0 Å². The molecule has 0 bridgehead atoms. The van der Waals surface area contributed by atoms with Gasteiger partial charge in [0.2, 0.25) is 0 Å². The van der Waals surface area contributed by atoms with Crippen molar-refractivity contribution >= 4 is 22.4 Å².